The average molecular weight is 601 g/mol. The maximum absolute atomic E-state index is 13.3. The molecule has 0 N–H and O–H groups in total. The number of hydrogen-bond donors (Lipinski definition) is 0. The highest BCUT2D eigenvalue weighted by Gasteiger charge is 2.33. The van der Waals surface area contributed by atoms with Gasteiger partial charge in [-0.1, -0.05) is 43.2 Å². The van der Waals surface area contributed by atoms with Crippen LogP contribution in [0, 0.1) is 17.8 Å². The summed E-state index contributed by atoms with van der Waals surface area (Å²) in [7, 11) is -3.74. The van der Waals surface area contributed by atoms with E-state index in [2.05, 4.69) is 0 Å². The molecule has 10 heteroatoms. The van der Waals surface area contributed by atoms with E-state index in [-0.39, 0.29) is 71.5 Å². The predicted molar refractivity (Wildman–Crippen MR) is 148 cm³/mol. The summed E-state index contributed by atoms with van der Waals surface area (Å²) in [5.41, 5.74) is 0.0592. The third-order valence-electron chi connectivity index (χ3n) is 8.13. The molecule has 2 aliphatic rings. The average Bonchev–Trinajstić information content (AvgIpc) is 3.46. The summed E-state index contributed by atoms with van der Waals surface area (Å²) >= 11 is 0. The normalized spacial score (nSPS) is 20.9. The molecule has 2 aromatic carbocycles. The standard InChI is InChI=1S/C30H35F3O5S.ClH/c31-30(32,33)26-14-16-27(17-15-26)39(36,37)20-21-10-12-23(13-11-21)28(34)18-25(22-6-2-1-3-7-22)19-38-29(35)24-8-4-5-9-24;/h1-3,6-7,14-17,21,23-25H,4-5,8-13,18-20H2;1H/t21?,23?,25-;/m1./s1. The Labute approximate surface area is 240 Å². The van der Waals surface area contributed by atoms with E-state index in [0.29, 0.717) is 25.7 Å². The van der Waals surface area contributed by atoms with E-state index in [4.69, 9.17) is 4.74 Å². The molecule has 4 rings (SSSR count). The zero-order valence-corrected chi connectivity index (χ0v) is 23.9. The van der Waals surface area contributed by atoms with Crippen molar-refractivity contribution >= 4 is 34.0 Å². The summed E-state index contributed by atoms with van der Waals surface area (Å²) in [6.07, 6.45) is 1.75. The minimum Gasteiger partial charge on any atom is -0.465 e. The molecule has 1 atom stereocenters. The molecule has 0 heterocycles. The van der Waals surface area contributed by atoms with Crippen molar-refractivity contribution in [1.82, 2.24) is 0 Å². The van der Waals surface area contributed by atoms with Crippen molar-refractivity contribution in [3.63, 3.8) is 0 Å². The molecule has 0 bridgehead atoms. The first kappa shape index (κ1) is 32.1. The molecule has 0 aliphatic heterocycles. The molecule has 2 aromatic rings. The van der Waals surface area contributed by atoms with Crippen molar-refractivity contribution in [3.05, 3.63) is 65.7 Å². The van der Waals surface area contributed by atoms with E-state index >= 15 is 0 Å². The number of benzene rings is 2. The van der Waals surface area contributed by atoms with Crippen LogP contribution in [0.4, 0.5) is 13.2 Å². The van der Waals surface area contributed by atoms with Gasteiger partial charge < -0.3 is 4.74 Å². The number of rotatable bonds is 10. The monoisotopic (exact) mass is 600 g/mol. The van der Waals surface area contributed by atoms with Gasteiger partial charge in [0.2, 0.25) is 0 Å². The van der Waals surface area contributed by atoms with Crippen LogP contribution in [0.1, 0.15) is 74.8 Å². The molecule has 0 aromatic heterocycles. The zero-order chi connectivity index (χ0) is 28.0. The summed E-state index contributed by atoms with van der Waals surface area (Å²) in [5.74, 6) is -0.873. The van der Waals surface area contributed by atoms with E-state index in [1.54, 1.807) is 0 Å². The van der Waals surface area contributed by atoms with Crippen LogP contribution in [0.3, 0.4) is 0 Å². The van der Waals surface area contributed by atoms with E-state index in [1.165, 1.54) is 0 Å². The Morgan fingerprint density at radius 2 is 1.45 bits per heavy atom. The summed E-state index contributed by atoms with van der Waals surface area (Å²) < 4.78 is 69.7. The Morgan fingerprint density at radius 3 is 2.02 bits per heavy atom. The van der Waals surface area contributed by atoms with Gasteiger partial charge in [0.25, 0.3) is 0 Å². The van der Waals surface area contributed by atoms with Gasteiger partial charge in [0.1, 0.15) is 5.78 Å². The number of carbonyl (C=O) groups is 2. The van der Waals surface area contributed by atoms with Gasteiger partial charge >= 0.3 is 12.1 Å². The highest BCUT2D eigenvalue weighted by Crippen LogP contribution is 2.35. The zero-order valence-electron chi connectivity index (χ0n) is 22.3. The number of ether oxygens (including phenoxy) is 1. The smallest absolute Gasteiger partial charge is 0.416 e. The molecule has 0 unspecified atom stereocenters. The van der Waals surface area contributed by atoms with Crippen molar-refractivity contribution in [2.45, 2.75) is 74.8 Å². The van der Waals surface area contributed by atoms with Gasteiger partial charge in [-0.05, 0) is 74.3 Å². The number of carbonyl (C=O) groups excluding carboxylic acids is 2. The van der Waals surface area contributed by atoms with Gasteiger partial charge in [0, 0.05) is 18.3 Å². The van der Waals surface area contributed by atoms with Crippen molar-refractivity contribution < 1.29 is 35.9 Å². The molecule has 40 heavy (non-hydrogen) atoms. The number of halogens is 4. The van der Waals surface area contributed by atoms with Crippen LogP contribution in [-0.4, -0.2) is 32.5 Å². The van der Waals surface area contributed by atoms with E-state index in [0.717, 1.165) is 55.5 Å². The third kappa shape index (κ3) is 8.56. The summed E-state index contributed by atoms with van der Waals surface area (Å²) in [4.78, 5) is 25.6. The second-order valence-electron chi connectivity index (χ2n) is 10.9. The number of Topliss-reactive ketones (excluding diaryl/α,β-unsaturated/α-hetero) is 1. The molecular formula is C30H36ClF3O5S. The molecule has 0 saturated heterocycles. The fourth-order valence-corrected chi connectivity index (χ4v) is 7.48. The molecule has 0 amide bonds. The number of hydrogen-bond acceptors (Lipinski definition) is 5. The Bertz CT molecular complexity index is 1220. The quantitative estimate of drug-likeness (QED) is 0.270. The molecule has 220 valence electrons. The van der Waals surface area contributed by atoms with Gasteiger partial charge in [-0.2, -0.15) is 13.2 Å². The van der Waals surface area contributed by atoms with Crippen LogP contribution >= 0.6 is 12.4 Å². The molecule has 2 saturated carbocycles. The van der Waals surface area contributed by atoms with Crippen molar-refractivity contribution in [2.75, 3.05) is 12.4 Å². The first-order valence-corrected chi connectivity index (χ1v) is 15.3. The number of ketones is 1. The topological polar surface area (TPSA) is 77.5 Å². The molecule has 0 radical (unpaired) electrons. The molecule has 2 fully saturated rings. The van der Waals surface area contributed by atoms with Gasteiger partial charge in [0.05, 0.1) is 28.7 Å². The molecular weight excluding hydrogens is 565 g/mol. The summed E-state index contributed by atoms with van der Waals surface area (Å²) in [6, 6.07) is 13.2. The second-order valence-corrected chi connectivity index (χ2v) is 12.9. The fourth-order valence-electron chi connectivity index (χ4n) is 5.78. The minimum atomic E-state index is -4.52. The number of alkyl halides is 3. The van der Waals surface area contributed by atoms with Crippen LogP contribution in [0.25, 0.3) is 0 Å². The molecule has 0 spiro atoms. The summed E-state index contributed by atoms with van der Waals surface area (Å²) in [6.45, 7) is 0.159. The SMILES string of the molecule is Cl.O=C(C[C@H](COC(=O)C1CCCC1)c1ccccc1)C1CCC(CS(=O)(=O)c2ccc(C(F)(F)F)cc2)CC1. The van der Waals surface area contributed by atoms with Gasteiger partial charge in [-0.25, -0.2) is 8.42 Å². The first-order chi connectivity index (χ1) is 18.5. The van der Waals surface area contributed by atoms with Crippen molar-refractivity contribution in [2.24, 2.45) is 17.8 Å². The van der Waals surface area contributed by atoms with Gasteiger partial charge in [0.15, 0.2) is 9.84 Å². The number of esters is 1. The van der Waals surface area contributed by atoms with Crippen LogP contribution in [0.15, 0.2) is 59.5 Å². The van der Waals surface area contributed by atoms with Crippen LogP contribution < -0.4 is 0 Å². The van der Waals surface area contributed by atoms with Crippen molar-refractivity contribution in [1.29, 1.82) is 0 Å². The lowest BCUT2D eigenvalue weighted by atomic mass is 9.78. The van der Waals surface area contributed by atoms with Crippen LogP contribution in [0.2, 0.25) is 0 Å². The lowest BCUT2D eigenvalue weighted by Gasteiger charge is -2.28. The molecule has 2 aliphatic carbocycles. The second kappa shape index (κ2) is 14.0. The van der Waals surface area contributed by atoms with E-state index < -0.39 is 21.6 Å². The fraction of sp³-hybridized carbons (Fsp3) is 0.533. The van der Waals surface area contributed by atoms with E-state index in [9.17, 15) is 31.2 Å². The first-order valence-electron chi connectivity index (χ1n) is 13.7. The lowest BCUT2D eigenvalue weighted by molar-refractivity contribution is -0.149. The molecule has 5 nitrogen and oxygen atoms in total. The Kier molecular flexibility index (Phi) is 11.2. The Hall–Kier alpha value is -2.39. The van der Waals surface area contributed by atoms with E-state index in [1.807, 2.05) is 30.3 Å². The highest BCUT2D eigenvalue weighted by molar-refractivity contribution is 7.91. The third-order valence-corrected chi connectivity index (χ3v) is 10.0. The summed E-state index contributed by atoms with van der Waals surface area (Å²) in [5, 5.41) is 0. The minimum absolute atomic E-state index is 0. The van der Waals surface area contributed by atoms with Gasteiger partial charge in [-0.15, -0.1) is 12.4 Å². The maximum Gasteiger partial charge on any atom is 0.416 e. The lowest BCUT2D eigenvalue weighted by Crippen LogP contribution is -2.28. The maximum atomic E-state index is 13.3. The highest BCUT2D eigenvalue weighted by atomic mass is 35.5. The number of sulfone groups is 1. The largest absolute Gasteiger partial charge is 0.465 e. The predicted octanol–water partition coefficient (Wildman–Crippen LogP) is 7.18. The Balaban J connectivity index is 0.00000441. The van der Waals surface area contributed by atoms with Gasteiger partial charge in [-0.3, -0.25) is 9.59 Å². The van der Waals surface area contributed by atoms with Crippen LogP contribution in [-0.2, 0) is 30.3 Å². The van der Waals surface area contributed by atoms with Crippen LogP contribution in [0.5, 0.6) is 0 Å². The van der Waals surface area contributed by atoms with Crippen molar-refractivity contribution in [3.8, 4) is 0 Å². The Morgan fingerprint density at radius 1 is 0.850 bits per heavy atom.